The third-order valence-electron chi connectivity index (χ3n) is 2.16. The van der Waals surface area contributed by atoms with E-state index in [4.69, 9.17) is 0 Å². The van der Waals surface area contributed by atoms with Gasteiger partial charge >= 0.3 is 0 Å². The smallest absolute Gasteiger partial charge is 0.242 e. The number of amides is 2. The number of hydrogen-bond acceptors (Lipinski definition) is 4. The first kappa shape index (κ1) is 15.0. The van der Waals surface area contributed by atoms with Gasteiger partial charge in [0.1, 0.15) is 6.04 Å². The summed E-state index contributed by atoms with van der Waals surface area (Å²) in [6.45, 7) is 4.32. The lowest BCUT2D eigenvalue weighted by Crippen LogP contribution is -2.45. The van der Waals surface area contributed by atoms with E-state index < -0.39 is 6.04 Å². The lowest BCUT2D eigenvalue weighted by molar-refractivity contribution is -0.127. The van der Waals surface area contributed by atoms with Gasteiger partial charge in [0, 0.05) is 6.54 Å². The van der Waals surface area contributed by atoms with Gasteiger partial charge in [0.25, 0.3) is 0 Å². The van der Waals surface area contributed by atoms with Gasteiger partial charge in [-0.3, -0.25) is 9.59 Å². The maximum atomic E-state index is 11.6. The Morgan fingerprint density at radius 1 is 1.50 bits per heavy atom. The molecule has 1 aromatic heterocycles. The zero-order chi connectivity index (χ0) is 13.4. The molecule has 6 heteroatoms. The summed E-state index contributed by atoms with van der Waals surface area (Å²) in [5, 5.41) is 7.41. The highest BCUT2D eigenvalue weighted by molar-refractivity contribution is 8.01. The average Bonchev–Trinajstić information content (AvgIpc) is 2.86. The van der Waals surface area contributed by atoms with E-state index in [0.29, 0.717) is 12.3 Å². The standard InChI is InChI=1S/C12H18N2O2S2/c1-3-6-13-12(16)9(2)14-10(15)8-18-11-5-4-7-17-11/h4-5,7,9H,3,6,8H2,1-2H3,(H,13,16)(H,14,15). The molecule has 18 heavy (non-hydrogen) atoms. The van der Waals surface area contributed by atoms with Crippen LogP contribution in [-0.2, 0) is 9.59 Å². The van der Waals surface area contributed by atoms with Crippen molar-refractivity contribution in [2.75, 3.05) is 12.3 Å². The van der Waals surface area contributed by atoms with Gasteiger partial charge in [-0.2, -0.15) is 0 Å². The zero-order valence-electron chi connectivity index (χ0n) is 10.6. The molecule has 0 aliphatic heterocycles. The van der Waals surface area contributed by atoms with Crippen molar-refractivity contribution < 1.29 is 9.59 Å². The van der Waals surface area contributed by atoms with E-state index in [9.17, 15) is 9.59 Å². The molecule has 1 aromatic rings. The molecular formula is C12H18N2O2S2. The summed E-state index contributed by atoms with van der Waals surface area (Å²) in [7, 11) is 0. The highest BCUT2D eigenvalue weighted by Gasteiger charge is 2.14. The molecule has 0 aliphatic rings. The van der Waals surface area contributed by atoms with Gasteiger partial charge in [-0.05, 0) is 24.8 Å². The molecule has 0 saturated carbocycles. The van der Waals surface area contributed by atoms with Crippen LogP contribution in [0.15, 0.2) is 21.7 Å². The maximum Gasteiger partial charge on any atom is 0.242 e. The largest absolute Gasteiger partial charge is 0.354 e. The number of nitrogens with one attached hydrogen (secondary N) is 2. The van der Waals surface area contributed by atoms with Crippen molar-refractivity contribution in [3.63, 3.8) is 0 Å². The average molecular weight is 286 g/mol. The third-order valence-corrected chi connectivity index (χ3v) is 4.29. The van der Waals surface area contributed by atoms with Crippen LogP contribution in [0.2, 0.25) is 0 Å². The summed E-state index contributed by atoms with van der Waals surface area (Å²) in [5.41, 5.74) is 0. The molecule has 0 bridgehead atoms. The Kier molecular flexibility index (Phi) is 6.82. The van der Waals surface area contributed by atoms with Crippen molar-refractivity contribution in [2.45, 2.75) is 30.5 Å². The molecule has 0 fully saturated rings. The Bertz CT molecular complexity index is 379. The van der Waals surface area contributed by atoms with Crippen LogP contribution in [0.25, 0.3) is 0 Å². The summed E-state index contributed by atoms with van der Waals surface area (Å²) in [6.07, 6.45) is 0.890. The Labute approximate surface area is 116 Å². The maximum absolute atomic E-state index is 11.6. The normalized spacial score (nSPS) is 11.9. The molecule has 0 radical (unpaired) electrons. The van der Waals surface area contributed by atoms with Crippen LogP contribution in [-0.4, -0.2) is 30.2 Å². The van der Waals surface area contributed by atoms with Gasteiger partial charge in [0.05, 0.1) is 9.96 Å². The fourth-order valence-electron chi connectivity index (χ4n) is 1.23. The molecule has 4 nitrogen and oxygen atoms in total. The first-order valence-corrected chi connectivity index (χ1v) is 7.73. The monoisotopic (exact) mass is 286 g/mol. The first-order valence-electron chi connectivity index (χ1n) is 5.87. The van der Waals surface area contributed by atoms with Crippen LogP contribution < -0.4 is 10.6 Å². The molecule has 0 aliphatic carbocycles. The molecule has 0 aromatic carbocycles. The molecule has 1 unspecified atom stereocenters. The van der Waals surface area contributed by atoms with E-state index in [2.05, 4.69) is 10.6 Å². The predicted molar refractivity (Wildman–Crippen MR) is 75.9 cm³/mol. The number of carbonyl (C=O) groups excluding carboxylic acids is 2. The minimum atomic E-state index is -0.479. The number of carbonyl (C=O) groups is 2. The number of hydrogen-bond donors (Lipinski definition) is 2. The Morgan fingerprint density at radius 2 is 2.28 bits per heavy atom. The minimum absolute atomic E-state index is 0.118. The molecule has 0 spiro atoms. The summed E-state index contributed by atoms with van der Waals surface area (Å²) < 4.78 is 1.10. The first-order chi connectivity index (χ1) is 8.63. The SMILES string of the molecule is CCCNC(=O)C(C)NC(=O)CSc1cccs1. The van der Waals surface area contributed by atoms with Crippen molar-refractivity contribution in [3.8, 4) is 0 Å². The highest BCUT2D eigenvalue weighted by atomic mass is 32.2. The topological polar surface area (TPSA) is 58.2 Å². The van der Waals surface area contributed by atoms with E-state index >= 15 is 0 Å². The van der Waals surface area contributed by atoms with Gasteiger partial charge in [-0.15, -0.1) is 23.1 Å². The number of thiophene rings is 1. The molecule has 2 N–H and O–H groups in total. The molecule has 1 heterocycles. The summed E-state index contributed by atoms with van der Waals surface area (Å²) in [4.78, 5) is 23.2. The fourth-order valence-corrected chi connectivity index (χ4v) is 2.83. The predicted octanol–water partition coefficient (Wildman–Crippen LogP) is 1.87. The molecule has 0 saturated heterocycles. The molecule has 1 rings (SSSR count). The van der Waals surface area contributed by atoms with Crippen molar-refractivity contribution >= 4 is 34.9 Å². The zero-order valence-corrected chi connectivity index (χ0v) is 12.2. The van der Waals surface area contributed by atoms with Crippen molar-refractivity contribution in [1.29, 1.82) is 0 Å². The lowest BCUT2D eigenvalue weighted by atomic mass is 10.3. The lowest BCUT2D eigenvalue weighted by Gasteiger charge is -2.13. The second-order valence-electron chi connectivity index (χ2n) is 3.80. The van der Waals surface area contributed by atoms with Crippen LogP contribution >= 0.6 is 23.1 Å². The Balaban J connectivity index is 2.24. The van der Waals surface area contributed by atoms with Crippen molar-refractivity contribution in [2.24, 2.45) is 0 Å². The van der Waals surface area contributed by atoms with E-state index in [0.717, 1.165) is 10.6 Å². The van der Waals surface area contributed by atoms with Crippen LogP contribution in [0, 0.1) is 0 Å². The van der Waals surface area contributed by atoms with Gasteiger partial charge in [-0.25, -0.2) is 0 Å². The van der Waals surface area contributed by atoms with E-state index in [-0.39, 0.29) is 11.8 Å². The summed E-state index contributed by atoms with van der Waals surface area (Å²) >= 11 is 3.09. The second-order valence-corrected chi connectivity index (χ2v) is 6.02. The van der Waals surface area contributed by atoms with E-state index in [1.54, 1.807) is 18.3 Å². The van der Waals surface area contributed by atoms with Crippen LogP contribution in [0.4, 0.5) is 0 Å². The highest BCUT2D eigenvalue weighted by Crippen LogP contribution is 2.22. The van der Waals surface area contributed by atoms with Gasteiger partial charge in [-0.1, -0.05) is 13.0 Å². The Morgan fingerprint density at radius 3 is 2.89 bits per heavy atom. The van der Waals surface area contributed by atoms with Gasteiger partial charge in [0.15, 0.2) is 0 Å². The summed E-state index contributed by atoms with van der Waals surface area (Å²) in [6, 6.07) is 3.44. The number of rotatable bonds is 7. The van der Waals surface area contributed by atoms with E-state index in [1.165, 1.54) is 11.8 Å². The second kappa shape index (κ2) is 8.16. The number of thioether (sulfide) groups is 1. The van der Waals surface area contributed by atoms with E-state index in [1.807, 2.05) is 24.4 Å². The Hall–Kier alpha value is -1.01. The van der Waals surface area contributed by atoms with Crippen molar-refractivity contribution in [1.82, 2.24) is 10.6 Å². The molecule has 1 atom stereocenters. The summed E-state index contributed by atoms with van der Waals surface area (Å²) in [5.74, 6) is 0.0882. The quantitative estimate of drug-likeness (QED) is 0.752. The molecule has 2 amide bonds. The van der Waals surface area contributed by atoms with Crippen LogP contribution in [0.5, 0.6) is 0 Å². The van der Waals surface area contributed by atoms with Gasteiger partial charge < -0.3 is 10.6 Å². The van der Waals surface area contributed by atoms with Gasteiger partial charge in [0.2, 0.25) is 11.8 Å². The molecular weight excluding hydrogens is 268 g/mol. The minimum Gasteiger partial charge on any atom is -0.354 e. The van der Waals surface area contributed by atoms with Crippen LogP contribution in [0.1, 0.15) is 20.3 Å². The van der Waals surface area contributed by atoms with Crippen LogP contribution in [0.3, 0.4) is 0 Å². The third kappa shape index (κ3) is 5.55. The van der Waals surface area contributed by atoms with Crippen molar-refractivity contribution in [3.05, 3.63) is 17.5 Å². The fraction of sp³-hybridized carbons (Fsp3) is 0.500. The molecule has 100 valence electrons.